The van der Waals surface area contributed by atoms with Gasteiger partial charge in [-0.25, -0.2) is 9.18 Å². The first kappa shape index (κ1) is 27.6. The summed E-state index contributed by atoms with van der Waals surface area (Å²) in [5.74, 6) is -0.896. The smallest absolute Gasteiger partial charge is 0.412 e. The van der Waals surface area contributed by atoms with Gasteiger partial charge >= 0.3 is 6.09 Å². The van der Waals surface area contributed by atoms with Gasteiger partial charge in [-0.3, -0.25) is 14.9 Å². The highest BCUT2D eigenvalue weighted by molar-refractivity contribution is 6.31. The van der Waals surface area contributed by atoms with Crippen molar-refractivity contribution in [1.29, 1.82) is 0 Å². The van der Waals surface area contributed by atoms with Crippen LogP contribution in [0, 0.1) is 5.82 Å². The Morgan fingerprint density at radius 1 is 1.05 bits per heavy atom. The molecule has 2 aliphatic rings. The number of para-hydroxylation sites is 1. The topological polar surface area (TPSA) is 75.7 Å². The van der Waals surface area contributed by atoms with Crippen molar-refractivity contribution >= 4 is 40.6 Å². The van der Waals surface area contributed by atoms with Crippen LogP contribution in [0.2, 0.25) is 5.02 Å². The molecule has 0 aromatic heterocycles. The molecule has 2 heterocycles. The number of likely N-dealkylation sites (tertiary alicyclic amines) is 1. The lowest BCUT2D eigenvalue weighted by Crippen LogP contribution is -2.49. The van der Waals surface area contributed by atoms with Gasteiger partial charge in [0.15, 0.2) is 5.78 Å². The average Bonchev–Trinajstić information content (AvgIpc) is 2.95. The molecule has 0 bridgehead atoms. The number of halogens is 2. The lowest BCUT2D eigenvalue weighted by atomic mass is 9.82. The minimum atomic E-state index is -0.762. The van der Waals surface area contributed by atoms with E-state index in [0.717, 1.165) is 22.4 Å². The summed E-state index contributed by atoms with van der Waals surface area (Å²) in [4.78, 5) is 40.4. The summed E-state index contributed by atoms with van der Waals surface area (Å²) in [7, 11) is 0. The fraction of sp³-hybridized carbons (Fsp3) is 0.281. The van der Waals surface area contributed by atoms with Gasteiger partial charge in [-0.05, 0) is 61.2 Å². The van der Waals surface area contributed by atoms with E-state index in [1.807, 2.05) is 43.3 Å². The number of amides is 2. The number of hydrogen-bond donors (Lipinski definition) is 1. The SMILES string of the molecule is C/C=C(/C(=O)N1CCC2(CC1)OC(=O)Nc1ccccc12)c1ccc(Cl)cc1CCCC(=O)c1ccccc1F. The first-order valence-electron chi connectivity index (χ1n) is 13.4. The standard InChI is InChI=1S/C32H30ClFN2O4/c1-2-23(24-15-14-22(33)20-21(24)8-7-13-29(37)25-9-3-5-11-27(25)34)30(38)36-18-16-32(17-19-36)26-10-4-6-12-28(26)35-31(39)40-32/h2-6,9-12,14-15,20H,7-8,13,16-19H2,1H3,(H,35,39)/b23-2+. The van der Waals surface area contributed by atoms with E-state index in [4.69, 9.17) is 16.3 Å². The predicted molar refractivity (Wildman–Crippen MR) is 153 cm³/mol. The van der Waals surface area contributed by atoms with Crippen molar-refractivity contribution in [2.45, 2.75) is 44.6 Å². The molecule has 2 aliphatic heterocycles. The van der Waals surface area contributed by atoms with Gasteiger partial charge in [0, 0.05) is 48.5 Å². The Kier molecular flexibility index (Phi) is 8.03. The highest BCUT2D eigenvalue weighted by Crippen LogP contribution is 2.43. The summed E-state index contributed by atoms with van der Waals surface area (Å²) in [6, 6.07) is 19.0. The molecule has 206 valence electrons. The lowest BCUT2D eigenvalue weighted by Gasteiger charge is -2.44. The van der Waals surface area contributed by atoms with Crippen LogP contribution in [-0.2, 0) is 21.6 Å². The molecule has 0 aliphatic carbocycles. The Morgan fingerprint density at radius 3 is 2.52 bits per heavy atom. The van der Waals surface area contributed by atoms with Crippen LogP contribution in [0.3, 0.4) is 0 Å². The molecule has 5 rings (SSSR count). The molecule has 0 unspecified atom stereocenters. The van der Waals surface area contributed by atoms with Crippen molar-refractivity contribution in [1.82, 2.24) is 4.90 Å². The number of carbonyl (C=O) groups excluding carboxylic acids is 3. The summed E-state index contributed by atoms with van der Waals surface area (Å²) in [6.45, 7) is 2.68. The molecule has 6 nitrogen and oxygen atoms in total. The van der Waals surface area contributed by atoms with Crippen LogP contribution in [0.15, 0.2) is 72.8 Å². The molecule has 0 atom stereocenters. The summed E-state index contributed by atoms with van der Waals surface area (Å²) in [5, 5.41) is 3.29. The number of rotatable bonds is 7. The van der Waals surface area contributed by atoms with Gasteiger partial charge in [0.1, 0.15) is 11.4 Å². The molecule has 2 amide bonds. The number of anilines is 1. The van der Waals surface area contributed by atoms with Crippen LogP contribution >= 0.6 is 11.6 Å². The van der Waals surface area contributed by atoms with Gasteiger partial charge in [0.25, 0.3) is 5.91 Å². The number of benzene rings is 3. The van der Waals surface area contributed by atoms with Crippen LogP contribution in [0.25, 0.3) is 5.57 Å². The van der Waals surface area contributed by atoms with E-state index >= 15 is 0 Å². The Bertz CT molecular complexity index is 1490. The van der Waals surface area contributed by atoms with E-state index in [9.17, 15) is 18.8 Å². The van der Waals surface area contributed by atoms with E-state index < -0.39 is 17.5 Å². The lowest BCUT2D eigenvalue weighted by molar-refractivity contribution is -0.129. The predicted octanol–water partition coefficient (Wildman–Crippen LogP) is 7.17. The fourth-order valence-electron chi connectivity index (χ4n) is 5.66. The summed E-state index contributed by atoms with van der Waals surface area (Å²) < 4.78 is 19.8. The summed E-state index contributed by atoms with van der Waals surface area (Å²) >= 11 is 6.31. The summed E-state index contributed by atoms with van der Waals surface area (Å²) in [6.07, 6.45) is 3.46. The number of aryl methyl sites for hydroxylation is 1. The molecule has 0 saturated carbocycles. The zero-order valence-corrected chi connectivity index (χ0v) is 23.0. The van der Waals surface area contributed by atoms with Gasteiger partial charge in [-0.15, -0.1) is 0 Å². The maximum absolute atomic E-state index is 14.0. The Labute approximate surface area is 237 Å². The van der Waals surface area contributed by atoms with E-state index in [1.54, 1.807) is 29.2 Å². The van der Waals surface area contributed by atoms with Crippen molar-refractivity contribution in [2.24, 2.45) is 0 Å². The average molecular weight is 561 g/mol. The first-order chi connectivity index (χ1) is 19.3. The number of hydrogen-bond acceptors (Lipinski definition) is 4. The molecule has 1 saturated heterocycles. The Morgan fingerprint density at radius 2 is 1.77 bits per heavy atom. The fourth-order valence-corrected chi connectivity index (χ4v) is 5.85. The third-order valence-electron chi connectivity index (χ3n) is 7.70. The molecule has 1 N–H and O–H groups in total. The minimum Gasteiger partial charge on any atom is -0.438 e. The number of ether oxygens (including phenoxy) is 1. The summed E-state index contributed by atoms with van der Waals surface area (Å²) in [5.41, 5.74) is 3.15. The van der Waals surface area contributed by atoms with E-state index in [-0.39, 0.29) is 23.7 Å². The Hall–Kier alpha value is -3.97. The zero-order chi connectivity index (χ0) is 28.3. The normalized spacial score (nSPS) is 16.2. The van der Waals surface area contributed by atoms with Gasteiger partial charge < -0.3 is 9.64 Å². The van der Waals surface area contributed by atoms with Gasteiger partial charge in [-0.2, -0.15) is 0 Å². The number of piperidine rings is 1. The van der Waals surface area contributed by atoms with Gasteiger partial charge in [0.05, 0.1) is 11.3 Å². The zero-order valence-electron chi connectivity index (χ0n) is 22.2. The highest BCUT2D eigenvalue weighted by Gasteiger charge is 2.45. The number of Topliss-reactive ketones (excluding diaryl/α,β-unsaturated/α-hetero) is 1. The van der Waals surface area contributed by atoms with Crippen LogP contribution < -0.4 is 5.32 Å². The van der Waals surface area contributed by atoms with Crippen LogP contribution in [0.4, 0.5) is 14.9 Å². The number of carbonyl (C=O) groups is 3. The third-order valence-corrected chi connectivity index (χ3v) is 7.94. The van der Waals surface area contributed by atoms with Crippen molar-refractivity contribution < 1.29 is 23.5 Å². The second-order valence-corrected chi connectivity index (χ2v) is 10.5. The number of nitrogens with one attached hydrogen (secondary N) is 1. The van der Waals surface area contributed by atoms with E-state index in [0.29, 0.717) is 49.4 Å². The second kappa shape index (κ2) is 11.6. The van der Waals surface area contributed by atoms with E-state index in [2.05, 4.69) is 5.32 Å². The first-order valence-corrected chi connectivity index (χ1v) is 13.8. The van der Waals surface area contributed by atoms with Crippen LogP contribution in [0.1, 0.15) is 59.7 Å². The van der Waals surface area contributed by atoms with Crippen molar-refractivity contribution in [2.75, 3.05) is 18.4 Å². The Balaban J connectivity index is 1.29. The van der Waals surface area contributed by atoms with Crippen molar-refractivity contribution in [3.63, 3.8) is 0 Å². The number of nitrogens with zero attached hydrogens (tertiary/aromatic N) is 1. The highest BCUT2D eigenvalue weighted by atomic mass is 35.5. The molecular weight excluding hydrogens is 531 g/mol. The van der Waals surface area contributed by atoms with Gasteiger partial charge in [0.2, 0.25) is 0 Å². The van der Waals surface area contributed by atoms with Crippen molar-refractivity contribution in [3.05, 3.63) is 106 Å². The molecule has 3 aromatic carbocycles. The maximum Gasteiger partial charge on any atom is 0.412 e. The quantitative estimate of drug-likeness (QED) is 0.245. The molecule has 3 aromatic rings. The number of fused-ring (bicyclic) bond motifs is 2. The number of ketones is 1. The molecular formula is C32H30ClFN2O4. The number of allylic oxidation sites excluding steroid dienone is 1. The molecule has 0 radical (unpaired) electrons. The van der Waals surface area contributed by atoms with Crippen LogP contribution in [0.5, 0.6) is 0 Å². The monoisotopic (exact) mass is 560 g/mol. The van der Waals surface area contributed by atoms with Crippen molar-refractivity contribution in [3.8, 4) is 0 Å². The molecule has 1 spiro atoms. The van der Waals surface area contributed by atoms with Crippen LogP contribution in [-0.4, -0.2) is 35.8 Å². The van der Waals surface area contributed by atoms with E-state index in [1.165, 1.54) is 12.1 Å². The molecule has 1 fully saturated rings. The third kappa shape index (κ3) is 5.52. The molecule has 8 heteroatoms. The van der Waals surface area contributed by atoms with Gasteiger partial charge in [-0.1, -0.05) is 54.1 Å². The second-order valence-electron chi connectivity index (χ2n) is 10.1. The maximum atomic E-state index is 14.0. The molecule has 40 heavy (non-hydrogen) atoms. The largest absolute Gasteiger partial charge is 0.438 e. The minimum absolute atomic E-state index is 0.0862.